The Labute approximate surface area is 125 Å². The lowest BCUT2D eigenvalue weighted by Gasteiger charge is -2.36. The minimum absolute atomic E-state index is 0.819. The molecule has 0 aromatic heterocycles. The zero-order valence-corrected chi connectivity index (χ0v) is 14.0. The van der Waals surface area contributed by atoms with Crippen LogP contribution in [0.4, 0.5) is 5.69 Å². The van der Waals surface area contributed by atoms with E-state index in [9.17, 15) is 0 Å². The summed E-state index contributed by atoms with van der Waals surface area (Å²) in [7, 11) is 0. The number of aryl methyl sites for hydroxylation is 1. The minimum Gasteiger partial charge on any atom is -0.369 e. The highest BCUT2D eigenvalue weighted by Crippen LogP contribution is 2.18. The van der Waals surface area contributed by atoms with E-state index in [1.165, 1.54) is 50.4 Å². The van der Waals surface area contributed by atoms with Crippen molar-refractivity contribution in [2.24, 2.45) is 5.92 Å². The van der Waals surface area contributed by atoms with Gasteiger partial charge in [0.05, 0.1) is 0 Å². The topological polar surface area (TPSA) is 6.48 Å². The van der Waals surface area contributed by atoms with Crippen molar-refractivity contribution in [1.29, 1.82) is 0 Å². The van der Waals surface area contributed by atoms with Crippen LogP contribution in [0.5, 0.6) is 0 Å². The van der Waals surface area contributed by atoms with E-state index in [4.69, 9.17) is 0 Å². The second-order valence-corrected chi connectivity index (χ2v) is 5.85. The molecule has 2 rings (SSSR count). The molecule has 0 amide bonds. The maximum atomic E-state index is 2.60. The zero-order chi connectivity index (χ0) is 15.0. The summed E-state index contributed by atoms with van der Waals surface area (Å²) in [6.45, 7) is 16.8. The van der Waals surface area contributed by atoms with Crippen molar-refractivity contribution in [2.45, 2.75) is 41.0 Å². The number of hydrogen-bond donors (Lipinski definition) is 0. The fourth-order valence-electron chi connectivity index (χ4n) is 2.50. The molecule has 0 radical (unpaired) electrons. The third-order valence-corrected chi connectivity index (χ3v) is 3.76. The first-order valence-electron chi connectivity index (χ1n) is 8.19. The first-order chi connectivity index (χ1) is 9.65. The van der Waals surface area contributed by atoms with Gasteiger partial charge in [-0.15, -0.1) is 0 Å². The quantitative estimate of drug-likeness (QED) is 0.813. The highest BCUT2D eigenvalue weighted by atomic mass is 15.3. The minimum atomic E-state index is 0.819. The van der Waals surface area contributed by atoms with Crippen molar-refractivity contribution < 1.29 is 0 Å². The lowest BCUT2D eigenvalue weighted by atomic mass is 10.1. The Hall–Kier alpha value is -1.02. The average molecular weight is 276 g/mol. The molecule has 0 atom stereocenters. The van der Waals surface area contributed by atoms with Gasteiger partial charge in [0.15, 0.2) is 0 Å². The molecule has 1 aromatic carbocycles. The Bertz CT molecular complexity index is 365. The van der Waals surface area contributed by atoms with Crippen molar-refractivity contribution in [3.8, 4) is 0 Å². The maximum absolute atomic E-state index is 2.60. The van der Waals surface area contributed by atoms with Crippen molar-refractivity contribution in [1.82, 2.24) is 4.90 Å². The molecule has 0 unspecified atom stereocenters. The number of anilines is 1. The zero-order valence-electron chi connectivity index (χ0n) is 14.0. The van der Waals surface area contributed by atoms with Crippen LogP contribution in [0.1, 0.15) is 39.7 Å². The second kappa shape index (κ2) is 9.02. The highest BCUT2D eigenvalue weighted by molar-refractivity contribution is 5.48. The maximum Gasteiger partial charge on any atom is 0.0369 e. The molecule has 1 fully saturated rings. The van der Waals surface area contributed by atoms with Crippen molar-refractivity contribution in [3.63, 3.8) is 0 Å². The fourth-order valence-corrected chi connectivity index (χ4v) is 2.50. The third kappa shape index (κ3) is 5.54. The van der Waals surface area contributed by atoms with Crippen molar-refractivity contribution >= 4 is 5.69 Å². The summed E-state index contributed by atoms with van der Waals surface area (Å²) < 4.78 is 0. The van der Waals surface area contributed by atoms with Gasteiger partial charge < -0.3 is 4.90 Å². The molecule has 1 saturated heterocycles. The lowest BCUT2D eigenvalue weighted by molar-refractivity contribution is 0.243. The molecule has 0 spiro atoms. The molecule has 0 saturated carbocycles. The first-order valence-corrected chi connectivity index (χ1v) is 8.19. The monoisotopic (exact) mass is 276 g/mol. The molecular weight excluding hydrogens is 244 g/mol. The Morgan fingerprint density at radius 2 is 1.70 bits per heavy atom. The predicted molar refractivity (Wildman–Crippen MR) is 90.6 cm³/mol. The average Bonchev–Trinajstić information content (AvgIpc) is 2.48. The van der Waals surface area contributed by atoms with Gasteiger partial charge in [-0.1, -0.05) is 39.8 Å². The summed E-state index contributed by atoms with van der Waals surface area (Å²) >= 11 is 0. The van der Waals surface area contributed by atoms with Gasteiger partial charge in [-0.25, -0.2) is 0 Å². The lowest BCUT2D eigenvalue weighted by Crippen LogP contribution is -2.46. The molecule has 0 bridgehead atoms. The van der Waals surface area contributed by atoms with Crippen LogP contribution in [0.2, 0.25) is 0 Å². The smallest absolute Gasteiger partial charge is 0.0369 e. The number of hydrogen-bond acceptors (Lipinski definition) is 2. The molecule has 2 nitrogen and oxygen atoms in total. The summed E-state index contributed by atoms with van der Waals surface area (Å²) in [5, 5.41) is 0. The molecule has 1 aromatic rings. The summed E-state index contributed by atoms with van der Waals surface area (Å²) in [5.41, 5.74) is 2.74. The van der Waals surface area contributed by atoms with Gasteiger partial charge in [0.1, 0.15) is 0 Å². The number of nitrogens with zero attached hydrogens (tertiary/aromatic N) is 2. The Morgan fingerprint density at radius 1 is 1.05 bits per heavy atom. The number of rotatable bonds is 4. The van der Waals surface area contributed by atoms with E-state index in [-0.39, 0.29) is 0 Å². The van der Waals surface area contributed by atoms with Gasteiger partial charge in [-0.05, 0) is 43.5 Å². The van der Waals surface area contributed by atoms with Gasteiger partial charge in [-0.2, -0.15) is 0 Å². The molecule has 1 aliphatic heterocycles. The third-order valence-electron chi connectivity index (χ3n) is 3.76. The largest absolute Gasteiger partial charge is 0.369 e. The van der Waals surface area contributed by atoms with Gasteiger partial charge in [-0.3, -0.25) is 4.90 Å². The van der Waals surface area contributed by atoms with Crippen LogP contribution in [0.3, 0.4) is 0 Å². The number of piperazine rings is 1. The van der Waals surface area contributed by atoms with Crippen LogP contribution in [0.15, 0.2) is 24.3 Å². The van der Waals surface area contributed by atoms with E-state index in [1.54, 1.807) is 0 Å². The summed E-state index contributed by atoms with van der Waals surface area (Å²) in [6, 6.07) is 8.86. The Balaban J connectivity index is 0.000000956. The van der Waals surface area contributed by atoms with Gasteiger partial charge in [0.2, 0.25) is 0 Å². The van der Waals surface area contributed by atoms with Crippen molar-refractivity contribution in [3.05, 3.63) is 29.8 Å². The number of benzene rings is 1. The van der Waals surface area contributed by atoms with E-state index in [2.05, 4.69) is 54.8 Å². The molecule has 2 heteroatoms. The van der Waals surface area contributed by atoms with Crippen LogP contribution < -0.4 is 4.90 Å². The fraction of sp³-hybridized carbons (Fsp3) is 0.667. The standard InChI is InChI=1S/C16H26N2.C2H6/c1-14(2)7-8-17-9-11-18(12-10-17)16-6-4-5-15(3)13-16;1-2/h4-6,13-14H,7-12H2,1-3H3;1-2H3. The second-order valence-electron chi connectivity index (χ2n) is 5.85. The molecule has 0 N–H and O–H groups in total. The van der Waals surface area contributed by atoms with Crippen LogP contribution in [0.25, 0.3) is 0 Å². The van der Waals surface area contributed by atoms with E-state index in [0.29, 0.717) is 0 Å². The van der Waals surface area contributed by atoms with E-state index >= 15 is 0 Å². The van der Waals surface area contributed by atoms with Crippen LogP contribution in [-0.4, -0.2) is 37.6 Å². The highest BCUT2D eigenvalue weighted by Gasteiger charge is 2.16. The van der Waals surface area contributed by atoms with Gasteiger partial charge in [0.25, 0.3) is 0 Å². The van der Waals surface area contributed by atoms with E-state index in [1.807, 2.05) is 13.8 Å². The van der Waals surface area contributed by atoms with Crippen LogP contribution in [-0.2, 0) is 0 Å². The molecule has 20 heavy (non-hydrogen) atoms. The predicted octanol–water partition coefficient (Wildman–Crippen LogP) is 4.19. The van der Waals surface area contributed by atoms with Crippen LogP contribution in [0, 0.1) is 12.8 Å². The normalized spacial score (nSPS) is 16.0. The summed E-state index contributed by atoms with van der Waals surface area (Å²) in [4.78, 5) is 5.12. The van der Waals surface area contributed by atoms with Crippen LogP contribution >= 0.6 is 0 Å². The molecule has 0 aliphatic carbocycles. The SMILES string of the molecule is CC.Cc1cccc(N2CCN(CCC(C)C)CC2)c1. The molecular formula is C18H32N2. The van der Waals surface area contributed by atoms with Gasteiger partial charge in [0, 0.05) is 31.9 Å². The Kier molecular flexibility index (Phi) is 7.68. The van der Waals surface area contributed by atoms with Crippen molar-refractivity contribution in [2.75, 3.05) is 37.6 Å². The molecule has 114 valence electrons. The van der Waals surface area contributed by atoms with E-state index in [0.717, 1.165) is 5.92 Å². The Morgan fingerprint density at radius 3 is 2.25 bits per heavy atom. The molecule has 1 aliphatic rings. The molecule has 1 heterocycles. The van der Waals surface area contributed by atoms with E-state index < -0.39 is 0 Å². The summed E-state index contributed by atoms with van der Waals surface area (Å²) in [6.07, 6.45) is 1.32. The first kappa shape index (κ1) is 17.0. The summed E-state index contributed by atoms with van der Waals surface area (Å²) in [5.74, 6) is 0.819. The van der Waals surface area contributed by atoms with Gasteiger partial charge >= 0.3 is 0 Å².